The highest BCUT2D eigenvalue weighted by Crippen LogP contribution is 2.20. The average molecular weight is 320 g/mol. The van der Waals surface area contributed by atoms with Crippen LogP contribution in [0.4, 0.5) is 0 Å². The Balaban J connectivity index is 2.24. The number of hydrogen-bond acceptors (Lipinski definition) is 7. The molecule has 0 fully saturated rings. The number of benzene rings is 1. The van der Waals surface area contributed by atoms with Crippen molar-refractivity contribution in [3.63, 3.8) is 0 Å². The van der Waals surface area contributed by atoms with Gasteiger partial charge in [0.15, 0.2) is 6.61 Å². The molecule has 1 aromatic carbocycles. The van der Waals surface area contributed by atoms with E-state index < -0.39 is 17.6 Å². The standard InChI is InChI=1S/C16H16O7/c1-3-20-14(17)9-22-11-6-5-10-7-12(15(18)21-4-2)16(19)23-13(10)8-11/h5-8H,3-4,9H2,1-2H3. The van der Waals surface area contributed by atoms with Crippen molar-refractivity contribution in [1.82, 2.24) is 0 Å². The van der Waals surface area contributed by atoms with Gasteiger partial charge in [-0.3, -0.25) is 0 Å². The second-order valence-electron chi connectivity index (χ2n) is 4.46. The zero-order chi connectivity index (χ0) is 16.8. The molecule has 0 aliphatic rings. The molecule has 2 rings (SSSR count). The Morgan fingerprint density at radius 3 is 2.52 bits per heavy atom. The largest absolute Gasteiger partial charge is 0.482 e. The molecular weight excluding hydrogens is 304 g/mol. The molecule has 0 spiro atoms. The molecule has 7 nitrogen and oxygen atoms in total. The van der Waals surface area contributed by atoms with Gasteiger partial charge in [0, 0.05) is 11.5 Å². The molecule has 0 saturated carbocycles. The Hall–Kier alpha value is -2.83. The van der Waals surface area contributed by atoms with Crippen LogP contribution < -0.4 is 10.4 Å². The summed E-state index contributed by atoms with van der Waals surface area (Å²) in [5.41, 5.74) is -0.720. The number of hydrogen-bond donors (Lipinski definition) is 0. The summed E-state index contributed by atoms with van der Waals surface area (Å²) in [6.07, 6.45) is 0. The molecule has 0 aliphatic carbocycles. The van der Waals surface area contributed by atoms with Gasteiger partial charge in [-0.25, -0.2) is 14.4 Å². The van der Waals surface area contributed by atoms with Gasteiger partial charge >= 0.3 is 17.6 Å². The summed E-state index contributed by atoms with van der Waals surface area (Å²) in [6.45, 7) is 3.53. The minimum atomic E-state index is -0.793. The topological polar surface area (TPSA) is 92.0 Å². The molecule has 0 bridgehead atoms. The molecule has 0 N–H and O–H groups in total. The van der Waals surface area contributed by atoms with E-state index in [-0.39, 0.29) is 31.0 Å². The van der Waals surface area contributed by atoms with Crippen molar-refractivity contribution in [2.24, 2.45) is 0 Å². The van der Waals surface area contributed by atoms with Gasteiger partial charge < -0.3 is 18.6 Å². The van der Waals surface area contributed by atoms with Gasteiger partial charge in [-0.05, 0) is 32.0 Å². The molecular formula is C16H16O7. The molecule has 1 heterocycles. The number of rotatable bonds is 6. The molecule has 0 unspecified atom stereocenters. The summed E-state index contributed by atoms with van der Waals surface area (Å²) < 4.78 is 19.9. The number of esters is 2. The second-order valence-corrected chi connectivity index (χ2v) is 4.46. The van der Waals surface area contributed by atoms with Gasteiger partial charge in [0.05, 0.1) is 13.2 Å². The van der Waals surface area contributed by atoms with Crippen molar-refractivity contribution in [3.8, 4) is 5.75 Å². The van der Waals surface area contributed by atoms with Gasteiger partial charge in [-0.1, -0.05) is 0 Å². The van der Waals surface area contributed by atoms with Crippen molar-refractivity contribution in [1.29, 1.82) is 0 Å². The van der Waals surface area contributed by atoms with Crippen molar-refractivity contribution < 1.29 is 28.2 Å². The molecule has 0 saturated heterocycles. The first-order valence-corrected chi connectivity index (χ1v) is 7.08. The van der Waals surface area contributed by atoms with Crippen LogP contribution in [-0.4, -0.2) is 31.8 Å². The number of fused-ring (bicyclic) bond motifs is 1. The molecule has 7 heteroatoms. The van der Waals surface area contributed by atoms with Crippen molar-refractivity contribution in [3.05, 3.63) is 40.2 Å². The highest BCUT2D eigenvalue weighted by atomic mass is 16.6. The van der Waals surface area contributed by atoms with Crippen LogP contribution >= 0.6 is 0 Å². The fraction of sp³-hybridized carbons (Fsp3) is 0.312. The fourth-order valence-corrected chi connectivity index (χ4v) is 1.88. The SMILES string of the molecule is CCOC(=O)COc1ccc2cc(C(=O)OCC)c(=O)oc2c1. The third-order valence-corrected chi connectivity index (χ3v) is 2.86. The highest BCUT2D eigenvalue weighted by molar-refractivity contribution is 5.93. The van der Waals surface area contributed by atoms with Gasteiger partial charge in [0.25, 0.3) is 0 Å². The van der Waals surface area contributed by atoms with E-state index >= 15 is 0 Å². The third-order valence-electron chi connectivity index (χ3n) is 2.86. The van der Waals surface area contributed by atoms with Crippen molar-refractivity contribution in [2.45, 2.75) is 13.8 Å². The fourth-order valence-electron chi connectivity index (χ4n) is 1.88. The van der Waals surface area contributed by atoms with Crippen LogP contribution in [0.5, 0.6) is 5.75 Å². The molecule has 122 valence electrons. The van der Waals surface area contributed by atoms with E-state index in [2.05, 4.69) is 0 Å². The first-order chi connectivity index (χ1) is 11.0. The van der Waals surface area contributed by atoms with Crippen molar-refractivity contribution in [2.75, 3.05) is 19.8 Å². The average Bonchev–Trinajstić information content (AvgIpc) is 2.52. The lowest BCUT2D eigenvalue weighted by Crippen LogP contribution is -2.16. The van der Waals surface area contributed by atoms with Gasteiger partial charge in [0.1, 0.15) is 16.9 Å². The molecule has 23 heavy (non-hydrogen) atoms. The number of ether oxygens (including phenoxy) is 3. The normalized spacial score (nSPS) is 10.3. The second kappa shape index (κ2) is 7.44. The molecule has 0 aliphatic heterocycles. The Morgan fingerprint density at radius 1 is 1.09 bits per heavy atom. The molecule has 0 atom stereocenters. The molecule has 2 aromatic rings. The summed E-state index contributed by atoms with van der Waals surface area (Å²) in [4.78, 5) is 34.7. The highest BCUT2D eigenvalue weighted by Gasteiger charge is 2.15. The van der Waals surface area contributed by atoms with E-state index in [0.29, 0.717) is 11.1 Å². The quantitative estimate of drug-likeness (QED) is 0.593. The molecule has 1 aromatic heterocycles. The predicted octanol–water partition coefficient (Wildman–Crippen LogP) is 1.91. The summed E-state index contributed by atoms with van der Waals surface area (Å²) in [6, 6.07) is 6.07. The zero-order valence-corrected chi connectivity index (χ0v) is 12.8. The Kier molecular flexibility index (Phi) is 5.35. The van der Waals surface area contributed by atoms with Crippen LogP contribution in [0.25, 0.3) is 11.0 Å². The van der Waals surface area contributed by atoms with E-state index in [1.165, 1.54) is 12.1 Å². The first kappa shape index (κ1) is 16.5. The lowest BCUT2D eigenvalue weighted by molar-refractivity contribution is -0.145. The van der Waals surface area contributed by atoms with E-state index in [0.717, 1.165) is 0 Å². The minimum Gasteiger partial charge on any atom is -0.482 e. The van der Waals surface area contributed by atoms with Gasteiger partial charge in [-0.15, -0.1) is 0 Å². The minimum absolute atomic E-state index is 0.164. The molecule has 0 amide bonds. The summed E-state index contributed by atoms with van der Waals surface area (Å²) in [5.74, 6) is -0.880. The lowest BCUT2D eigenvalue weighted by atomic mass is 10.2. The van der Waals surface area contributed by atoms with Gasteiger partial charge in [-0.2, -0.15) is 0 Å². The van der Waals surface area contributed by atoms with E-state index in [9.17, 15) is 14.4 Å². The maximum atomic E-state index is 11.8. The maximum absolute atomic E-state index is 11.8. The third kappa shape index (κ3) is 4.09. The maximum Gasteiger partial charge on any atom is 0.351 e. The first-order valence-electron chi connectivity index (χ1n) is 7.08. The molecule has 0 radical (unpaired) electrons. The van der Waals surface area contributed by atoms with E-state index in [1.807, 2.05) is 0 Å². The Morgan fingerprint density at radius 2 is 1.83 bits per heavy atom. The van der Waals surface area contributed by atoms with Gasteiger partial charge in [0.2, 0.25) is 0 Å². The van der Waals surface area contributed by atoms with E-state index in [1.54, 1.807) is 26.0 Å². The zero-order valence-electron chi connectivity index (χ0n) is 12.8. The number of carbonyl (C=O) groups excluding carboxylic acids is 2. The number of carbonyl (C=O) groups is 2. The monoisotopic (exact) mass is 320 g/mol. The Bertz CT molecular complexity index is 776. The van der Waals surface area contributed by atoms with Crippen molar-refractivity contribution >= 4 is 22.9 Å². The smallest absolute Gasteiger partial charge is 0.351 e. The summed E-state index contributed by atoms with van der Waals surface area (Å²) >= 11 is 0. The van der Waals surface area contributed by atoms with Crippen LogP contribution in [0.1, 0.15) is 24.2 Å². The van der Waals surface area contributed by atoms with Crippen LogP contribution in [0, 0.1) is 0 Å². The van der Waals surface area contributed by atoms with Crippen LogP contribution in [0.3, 0.4) is 0 Å². The van der Waals surface area contributed by atoms with Crippen LogP contribution in [-0.2, 0) is 14.3 Å². The van der Waals surface area contributed by atoms with E-state index in [4.69, 9.17) is 18.6 Å². The Labute approximate surface area is 131 Å². The van der Waals surface area contributed by atoms with Crippen LogP contribution in [0.2, 0.25) is 0 Å². The summed E-state index contributed by atoms with van der Waals surface area (Å²) in [5, 5.41) is 0.538. The lowest BCUT2D eigenvalue weighted by Gasteiger charge is -2.07. The summed E-state index contributed by atoms with van der Waals surface area (Å²) in [7, 11) is 0. The predicted molar refractivity (Wildman–Crippen MR) is 80.6 cm³/mol. The van der Waals surface area contributed by atoms with Crippen LogP contribution in [0.15, 0.2) is 33.5 Å².